The molecule has 0 aromatic carbocycles. The molecular formula is C9H15F2NO3S. The molecule has 7 heteroatoms. The van der Waals surface area contributed by atoms with Crippen LogP contribution in [-0.4, -0.2) is 50.2 Å². The Kier molecular flexibility index (Phi) is 3.88. The van der Waals surface area contributed by atoms with E-state index in [-0.39, 0.29) is 44.0 Å². The molecule has 0 aromatic rings. The highest BCUT2D eigenvalue weighted by molar-refractivity contribution is 7.90. The summed E-state index contributed by atoms with van der Waals surface area (Å²) in [5, 5.41) is 0. The van der Waals surface area contributed by atoms with E-state index in [1.807, 2.05) is 0 Å². The largest absolute Gasteiger partial charge is 0.342 e. The number of hydrogen-bond acceptors (Lipinski definition) is 3. The Morgan fingerprint density at radius 3 is 2.25 bits per heavy atom. The van der Waals surface area contributed by atoms with Gasteiger partial charge in [-0.05, 0) is 0 Å². The molecule has 94 valence electrons. The van der Waals surface area contributed by atoms with Gasteiger partial charge in [-0.3, -0.25) is 4.79 Å². The molecule has 0 aliphatic carbocycles. The van der Waals surface area contributed by atoms with Crippen molar-refractivity contribution in [3.8, 4) is 0 Å². The highest BCUT2D eigenvalue weighted by atomic mass is 32.2. The van der Waals surface area contributed by atoms with Gasteiger partial charge in [0.05, 0.1) is 5.75 Å². The minimum absolute atomic E-state index is 0.00952. The summed E-state index contributed by atoms with van der Waals surface area (Å²) in [4.78, 5) is 12.8. The molecule has 16 heavy (non-hydrogen) atoms. The SMILES string of the molecule is CS(=O)(=O)CCC(=O)N1CCC(F)(F)CC1. The first kappa shape index (κ1) is 13.3. The minimum atomic E-state index is -3.18. The second-order valence-corrected chi connectivity index (χ2v) is 6.38. The lowest BCUT2D eigenvalue weighted by Gasteiger charge is -2.31. The van der Waals surface area contributed by atoms with Crippen LogP contribution in [0.4, 0.5) is 8.78 Å². The zero-order valence-electron chi connectivity index (χ0n) is 9.08. The summed E-state index contributed by atoms with van der Waals surface area (Å²) in [6.07, 6.45) is 0.254. The van der Waals surface area contributed by atoms with Gasteiger partial charge in [0.15, 0.2) is 0 Å². The molecule has 1 saturated heterocycles. The molecule has 1 amide bonds. The smallest absolute Gasteiger partial charge is 0.251 e. The second-order valence-electron chi connectivity index (χ2n) is 4.12. The Hall–Kier alpha value is -0.720. The minimum Gasteiger partial charge on any atom is -0.342 e. The average molecular weight is 255 g/mol. The Labute approximate surface area is 93.5 Å². The molecule has 1 heterocycles. The van der Waals surface area contributed by atoms with E-state index in [1.54, 1.807) is 0 Å². The number of amides is 1. The van der Waals surface area contributed by atoms with Gasteiger partial charge in [0, 0.05) is 38.6 Å². The van der Waals surface area contributed by atoms with E-state index < -0.39 is 15.8 Å². The lowest BCUT2D eigenvalue weighted by Crippen LogP contribution is -2.43. The summed E-state index contributed by atoms with van der Waals surface area (Å²) in [6, 6.07) is 0. The topological polar surface area (TPSA) is 54.5 Å². The van der Waals surface area contributed by atoms with E-state index in [0.717, 1.165) is 6.26 Å². The zero-order chi connectivity index (χ0) is 12.4. The predicted molar refractivity (Wildman–Crippen MR) is 55.1 cm³/mol. The number of hydrogen-bond donors (Lipinski definition) is 0. The number of carbonyl (C=O) groups excluding carboxylic acids is 1. The normalized spacial score (nSPS) is 20.8. The van der Waals surface area contributed by atoms with Crippen LogP contribution in [0.2, 0.25) is 0 Å². The highest BCUT2D eigenvalue weighted by Crippen LogP contribution is 2.27. The number of likely N-dealkylation sites (tertiary alicyclic amines) is 1. The van der Waals surface area contributed by atoms with Crippen LogP contribution >= 0.6 is 0 Å². The fraction of sp³-hybridized carbons (Fsp3) is 0.889. The molecule has 0 atom stereocenters. The molecule has 0 unspecified atom stereocenters. The zero-order valence-corrected chi connectivity index (χ0v) is 9.90. The highest BCUT2D eigenvalue weighted by Gasteiger charge is 2.35. The van der Waals surface area contributed by atoms with Gasteiger partial charge < -0.3 is 4.90 Å². The monoisotopic (exact) mass is 255 g/mol. The van der Waals surface area contributed by atoms with Crippen molar-refractivity contribution in [2.24, 2.45) is 0 Å². The van der Waals surface area contributed by atoms with Crippen LogP contribution in [0.15, 0.2) is 0 Å². The first-order valence-corrected chi connectivity index (χ1v) is 7.09. The number of piperidine rings is 1. The molecule has 0 spiro atoms. The standard InChI is InChI=1S/C9H15F2NO3S/c1-16(14,15)7-2-8(13)12-5-3-9(10,11)4-6-12/h2-7H2,1H3. The Morgan fingerprint density at radius 2 is 1.81 bits per heavy atom. The third-order valence-electron chi connectivity index (χ3n) is 2.53. The number of alkyl halides is 2. The summed E-state index contributed by atoms with van der Waals surface area (Å²) in [5.74, 6) is -3.27. The van der Waals surface area contributed by atoms with Crippen LogP contribution in [0.5, 0.6) is 0 Å². The maximum Gasteiger partial charge on any atom is 0.251 e. The number of rotatable bonds is 3. The van der Waals surface area contributed by atoms with E-state index >= 15 is 0 Å². The van der Waals surface area contributed by atoms with Crippen LogP contribution in [0.3, 0.4) is 0 Å². The quantitative estimate of drug-likeness (QED) is 0.745. The second kappa shape index (κ2) is 4.65. The van der Waals surface area contributed by atoms with Crippen LogP contribution < -0.4 is 0 Å². The number of nitrogens with zero attached hydrogens (tertiary/aromatic N) is 1. The van der Waals surface area contributed by atoms with E-state index in [4.69, 9.17) is 0 Å². The van der Waals surface area contributed by atoms with Crippen molar-refractivity contribution >= 4 is 15.7 Å². The maximum absolute atomic E-state index is 12.8. The van der Waals surface area contributed by atoms with Gasteiger partial charge in [0.1, 0.15) is 9.84 Å². The van der Waals surface area contributed by atoms with Gasteiger partial charge in [0.2, 0.25) is 5.91 Å². The van der Waals surface area contributed by atoms with Gasteiger partial charge in [-0.25, -0.2) is 17.2 Å². The van der Waals surface area contributed by atoms with Gasteiger partial charge in [-0.15, -0.1) is 0 Å². The van der Waals surface area contributed by atoms with E-state index in [1.165, 1.54) is 4.90 Å². The van der Waals surface area contributed by atoms with Gasteiger partial charge in [-0.1, -0.05) is 0 Å². The average Bonchev–Trinajstić information content (AvgIpc) is 2.13. The van der Waals surface area contributed by atoms with Crippen LogP contribution in [0.25, 0.3) is 0 Å². The van der Waals surface area contributed by atoms with E-state index in [0.29, 0.717) is 0 Å². The first-order valence-electron chi connectivity index (χ1n) is 5.03. The van der Waals surface area contributed by atoms with Gasteiger partial charge >= 0.3 is 0 Å². The van der Waals surface area contributed by atoms with Crippen molar-refractivity contribution in [2.45, 2.75) is 25.2 Å². The van der Waals surface area contributed by atoms with Crippen LogP contribution in [0.1, 0.15) is 19.3 Å². The molecule has 0 bridgehead atoms. The Balaban J connectivity index is 2.40. The summed E-state index contributed by atoms with van der Waals surface area (Å²) < 4.78 is 47.2. The number of halogens is 2. The predicted octanol–water partition coefficient (Wildman–Crippen LogP) is 0.679. The Morgan fingerprint density at radius 1 is 1.31 bits per heavy atom. The molecular weight excluding hydrogens is 240 g/mol. The summed E-state index contributed by atoms with van der Waals surface area (Å²) in [6.45, 7) is 0.0190. The number of sulfone groups is 1. The lowest BCUT2D eigenvalue weighted by atomic mass is 10.1. The molecule has 1 rings (SSSR count). The third-order valence-corrected chi connectivity index (χ3v) is 3.48. The molecule has 0 saturated carbocycles. The summed E-state index contributed by atoms with van der Waals surface area (Å²) >= 11 is 0. The summed E-state index contributed by atoms with van der Waals surface area (Å²) in [5.41, 5.74) is 0. The van der Waals surface area contributed by atoms with Crippen molar-refractivity contribution < 1.29 is 22.0 Å². The molecule has 0 aromatic heterocycles. The van der Waals surface area contributed by atoms with E-state index in [2.05, 4.69) is 0 Å². The fourth-order valence-corrected chi connectivity index (χ4v) is 2.06. The van der Waals surface area contributed by atoms with Gasteiger partial charge in [-0.2, -0.15) is 0 Å². The van der Waals surface area contributed by atoms with Crippen molar-refractivity contribution in [2.75, 3.05) is 25.1 Å². The van der Waals surface area contributed by atoms with Crippen molar-refractivity contribution in [1.29, 1.82) is 0 Å². The lowest BCUT2D eigenvalue weighted by molar-refractivity contribution is -0.136. The van der Waals surface area contributed by atoms with Crippen molar-refractivity contribution in [3.05, 3.63) is 0 Å². The molecule has 4 nitrogen and oxygen atoms in total. The maximum atomic E-state index is 12.8. The van der Waals surface area contributed by atoms with Crippen LogP contribution in [-0.2, 0) is 14.6 Å². The molecule has 0 radical (unpaired) electrons. The van der Waals surface area contributed by atoms with E-state index in [9.17, 15) is 22.0 Å². The molecule has 1 fully saturated rings. The van der Waals surface area contributed by atoms with Crippen molar-refractivity contribution in [3.63, 3.8) is 0 Å². The summed E-state index contributed by atoms with van der Waals surface area (Å²) in [7, 11) is -3.18. The third kappa shape index (κ3) is 4.42. The first-order chi connectivity index (χ1) is 7.20. The molecule has 1 aliphatic heterocycles. The fourth-order valence-electron chi connectivity index (χ4n) is 1.51. The molecule has 0 N–H and O–H groups in total. The number of carbonyl (C=O) groups is 1. The Bertz CT molecular complexity index is 357. The van der Waals surface area contributed by atoms with Gasteiger partial charge in [0.25, 0.3) is 5.92 Å². The molecule has 1 aliphatic rings. The van der Waals surface area contributed by atoms with Crippen molar-refractivity contribution in [1.82, 2.24) is 4.90 Å². The van der Waals surface area contributed by atoms with Crippen LogP contribution in [0, 0.1) is 0 Å².